The number of aromatic nitrogens is 3. The fraction of sp³-hybridized carbons (Fsp3) is 0.462. The van der Waals surface area contributed by atoms with E-state index in [-0.39, 0.29) is 11.8 Å². The third kappa shape index (κ3) is 5.57. The van der Waals surface area contributed by atoms with Gasteiger partial charge in [-0.1, -0.05) is 11.6 Å². The molecule has 0 N–H and O–H groups in total. The molecular weight excluding hydrogens is 514 g/mol. The molecule has 12 heteroatoms. The summed E-state index contributed by atoms with van der Waals surface area (Å²) in [6.45, 7) is 11.4. The van der Waals surface area contributed by atoms with Gasteiger partial charge in [-0.2, -0.15) is 0 Å². The summed E-state index contributed by atoms with van der Waals surface area (Å²) in [4.78, 5) is 32.8. The van der Waals surface area contributed by atoms with Gasteiger partial charge in [-0.3, -0.25) is 9.80 Å². The Labute approximate surface area is 226 Å². The van der Waals surface area contributed by atoms with E-state index in [4.69, 9.17) is 35.6 Å². The van der Waals surface area contributed by atoms with Gasteiger partial charge in [-0.15, -0.1) is 5.10 Å². The molecule has 0 spiro atoms. The smallest absolute Gasteiger partial charge is 0.415 e. The van der Waals surface area contributed by atoms with Gasteiger partial charge < -0.3 is 18.9 Å². The third-order valence-corrected chi connectivity index (χ3v) is 5.67. The topological polar surface area (TPSA) is 108 Å². The second-order valence-corrected chi connectivity index (χ2v) is 11.2. The quantitative estimate of drug-likeness (QED) is 0.392. The van der Waals surface area contributed by atoms with Crippen LogP contribution in [0.1, 0.15) is 41.5 Å². The fourth-order valence-corrected chi connectivity index (χ4v) is 4.04. The minimum atomic E-state index is -0.690. The number of nitrogens with zero attached hydrogens (tertiary/aromatic N) is 5. The van der Waals surface area contributed by atoms with E-state index in [1.54, 1.807) is 56.9 Å². The molecule has 0 atom stereocenters. The summed E-state index contributed by atoms with van der Waals surface area (Å²) in [6.07, 6.45) is 0.483. The molecule has 2 aromatic heterocycles. The number of carbonyl (C=O) groups excluding carboxylic acids is 2. The van der Waals surface area contributed by atoms with Gasteiger partial charge in [0.15, 0.2) is 5.82 Å². The largest absolute Gasteiger partial charge is 0.494 e. The number of benzene rings is 1. The van der Waals surface area contributed by atoms with Crippen molar-refractivity contribution in [3.63, 3.8) is 0 Å². The van der Waals surface area contributed by atoms with Crippen molar-refractivity contribution < 1.29 is 28.5 Å². The first kappa shape index (κ1) is 27.3. The van der Waals surface area contributed by atoms with Crippen molar-refractivity contribution in [3.05, 3.63) is 29.5 Å². The van der Waals surface area contributed by atoms with Crippen molar-refractivity contribution in [2.45, 2.75) is 52.7 Å². The maximum absolute atomic E-state index is 12.9. The number of anilines is 2. The van der Waals surface area contributed by atoms with Gasteiger partial charge in [-0.25, -0.2) is 19.3 Å². The monoisotopic (exact) mass is 545 g/mol. The molecular formula is C26H32ClN5O6. The number of methoxy groups -OCH3 is 1. The molecule has 0 radical (unpaired) electrons. The van der Waals surface area contributed by atoms with E-state index in [0.717, 1.165) is 0 Å². The number of carbonyl (C=O) groups is 2. The summed E-state index contributed by atoms with van der Waals surface area (Å²) in [5, 5.41) is 5.53. The van der Waals surface area contributed by atoms with Crippen LogP contribution in [0, 0.1) is 0 Å². The Balaban J connectivity index is 1.84. The number of ether oxygens (including phenoxy) is 4. The summed E-state index contributed by atoms with van der Waals surface area (Å²) >= 11 is 6.24. The van der Waals surface area contributed by atoms with Crippen LogP contribution >= 0.6 is 11.6 Å². The molecule has 3 aromatic rings. The second-order valence-electron chi connectivity index (χ2n) is 10.8. The Morgan fingerprint density at radius 3 is 2.37 bits per heavy atom. The van der Waals surface area contributed by atoms with Gasteiger partial charge >= 0.3 is 12.2 Å². The van der Waals surface area contributed by atoms with E-state index in [2.05, 4.69) is 4.98 Å². The number of amides is 2. The highest BCUT2D eigenvalue weighted by Gasteiger charge is 2.31. The number of halogens is 1. The lowest BCUT2D eigenvalue weighted by Gasteiger charge is -2.32. The van der Waals surface area contributed by atoms with Crippen LogP contribution in [0.2, 0.25) is 5.15 Å². The van der Waals surface area contributed by atoms with Gasteiger partial charge in [-0.05, 0) is 41.5 Å². The standard InChI is InChI=1S/C26H32ClN5O6/c1-25(2,3)37-23(33)30(7)22-15-14-28-21(27)13-16(15)32(29-22)18-12-20-17(11-19(18)35-8)31(9-10-36-20)24(34)38-26(4,5)6/h11-14H,9-10H2,1-8H3. The highest BCUT2D eigenvalue weighted by Crippen LogP contribution is 2.41. The maximum Gasteiger partial charge on any atom is 0.415 e. The van der Waals surface area contributed by atoms with Crippen LogP contribution in [0.5, 0.6) is 11.5 Å². The lowest BCUT2D eigenvalue weighted by atomic mass is 10.2. The van der Waals surface area contributed by atoms with Gasteiger partial charge in [0.1, 0.15) is 40.1 Å². The van der Waals surface area contributed by atoms with Crippen molar-refractivity contribution in [2.75, 3.05) is 37.1 Å². The summed E-state index contributed by atoms with van der Waals surface area (Å²) < 4.78 is 24.3. The van der Waals surface area contributed by atoms with E-state index in [1.807, 2.05) is 20.8 Å². The molecule has 0 aliphatic carbocycles. The highest BCUT2D eigenvalue weighted by atomic mass is 35.5. The second kappa shape index (κ2) is 9.86. The molecule has 1 aliphatic rings. The molecule has 4 rings (SSSR count). The Hall–Kier alpha value is -3.73. The zero-order chi connectivity index (χ0) is 28.0. The van der Waals surface area contributed by atoms with Gasteiger partial charge in [0.2, 0.25) is 0 Å². The third-order valence-electron chi connectivity index (χ3n) is 5.46. The molecule has 0 saturated heterocycles. The van der Waals surface area contributed by atoms with Gasteiger partial charge in [0, 0.05) is 31.4 Å². The minimum Gasteiger partial charge on any atom is -0.494 e. The van der Waals surface area contributed by atoms with Crippen molar-refractivity contribution in [1.82, 2.24) is 14.8 Å². The predicted molar refractivity (Wildman–Crippen MR) is 144 cm³/mol. The molecule has 2 amide bonds. The van der Waals surface area contributed by atoms with Crippen molar-refractivity contribution in [3.8, 4) is 17.2 Å². The first-order valence-electron chi connectivity index (χ1n) is 12.1. The van der Waals surface area contributed by atoms with Crippen LogP contribution in [0.25, 0.3) is 16.6 Å². The molecule has 3 heterocycles. The minimum absolute atomic E-state index is 0.245. The van der Waals surface area contributed by atoms with E-state index in [1.165, 1.54) is 16.9 Å². The van der Waals surface area contributed by atoms with E-state index >= 15 is 0 Å². The summed E-state index contributed by atoms with van der Waals surface area (Å²) in [5.74, 6) is 1.17. The molecule has 1 aliphatic heterocycles. The average molecular weight is 546 g/mol. The molecule has 0 saturated carbocycles. The van der Waals surface area contributed by atoms with Crippen molar-refractivity contribution in [2.24, 2.45) is 0 Å². The summed E-state index contributed by atoms with van der Waals surface area (Å²) in [7, 11) is 3.08. The SMILES string of the molecule is COc1cc2c(cc1-n1nc(N(C)C(=O)OC(C)(C)C)c3cnc(Cl)cc31)OCCN2C(=O)OC(C)(C)C. The predicted octanol–water partition coefficient (Wildman–Crippen LogP) is 5.59. The molecule has 204 valence electrons. The molecule has 11 nitrogen and oxygen atoms in total. The molecule has 38 heavy (non-hydrogen) atoms. The lowest BCUT2D eigenvalue weighted by molar-refractivity contribution is 0.0563. The van der Waals surface area contributed by atoms with E-state index in [9.17, 15) is 9.59 Å². The Bertz CT molecular complexity index is 1390. The number of fused-ring (bicyclic) bond motifs is 2. The number of rotatable bonds is 3. The molecule has 1 aromatic carbocycles. The fourth-order valence-electron chi connectivity index (χ4n) is 3.89. The molecule has 0 fully saturated rings. The lowest BCUT2D eigenvalue weighted by Crippen LogP contribution is -2.41. The van der Waals surface area contributed by atoms with Crippen LogP contribution in [0.3, 0.4) is 0 Å². The zero-order valence-corrected chi connectivity index (χ0v) is 23.5. The van der Waals surface area contributed by atoms with Crippen LogP contribution < -0.4 is 19.3 Å². The van der Waals surface area contributed by atoms with Crippen molar-refractivity contribution in [1.29, 1.82) is 0 Å². The van der Waals surface area contributed by atoms with Crippen LogP contribution in [0.4, 0.5) is 21.1 Å². The van der Waals surface area contributed by atoms with Crippen molar-refractivity contribution >= 4 is 46.2 Å². The van der Waals surface area contributed by atoms with E-state index in [0.29, 0.717) is 46.1 Å². The number of hydrogen-bond donors (Lipinski definition) is 0. The zero-order valence-electron chi connectivity index (χ0n) is 22.8. The molecule has 0 unspecified atom stereocenters. The Kier molecular flexibility index (Phi) is 7.09. The van der Waals surface area contributed by atoms with Crippen LogP contribution in [0.15, 0.2) is 24.4 Å². The first-order valence-corrected chi connectivity index (χ1v) is 12.4. The molecule has 0 bridgehead atoms. The Morgan fingerprint density at radius 1 is 1.05 bits per heavy atom. The highest BCUT2D eigenvalue weighted by molar-refractivity contribution is 6.30. The maximum atomic E-state index is 12.9. The first-order chi connectivity index (χ1) is 17.7. The van der Waals surface area contributed by atoms with Crippen LogP contribution in [-0.2, 0) is 9.47 Å². The summed E-state index contributed by atoms with van der Waals surface area (Å²) in [6, 6.07) is 5.06. The summed E-state index contributed by atoms with van der Waals surface area (Å²) in [5.41, 5.74) is 0.247. The van der Waals surface area contributed by atoms with Gasteiger partial charge in [0.05, 0.1) is 30.2 Å². The van der Waals surface area contributed by atoms with Gasteiger partial charge in [0.25, 0.3) is 0 Å². The normalized spacial score (nSPS) is 13.6. The Morgan fingerprint density at radius 2 is 1.74 bits per heavy atom. The number of pyridine rings is 1. The average Bonchev–Trinajstić information content (AvgIpc) is 3.18. The number of hydrogen-bond acceptors (Lipinski definition) is 8. The van der Waals surface area contributed by atoms with Crippen LogP contribution in [-0.4, -0.2) is 65.5 Å². The van der Waals surface area contributed by atoms with E-state index < -0.39 is 23.4 Å².